The van der Waals surface area contributed by atoms with Crippen molar-refractivity contribution in [3.05, 3.63) is 95.7 Å². The SMILES string of the molecule is C=C1/C=C/C=C(C)/C=C/C=C/C(C)C(C)C/C=C/C(C)=C(C(C)=O)\C=C\CC1C. The summed E-state index contributed by atoms with van der Waals surface area (Å²) in [7, 11) is 0. The Morgan fingerprint density at radius 3 is 2.31 bits per heavy atom. The summed E-state index contributed by atoms with van der Waals surface area (Å²) in [5, 5.41) is 0. The molecule has 0 aliphatic heterocycles. The smallest absolute Gasteiger partial charge is 0.160 e. The maximum atomic E-state index is 12.1. The second-order valence-corrected chi connectivity index (χ2v) is 8.26. The normalized spacial score (nSPS) is 35.0. The summed E-state index contributed by atoms with van der Waals surface area (Å²) in [6.07, 6.45) is 25.0. The Balaban J connectivity index is 3.17. The first-order valence-electron chi connectivity index (χ1n) is 10.7. The summed E-state index contributed by atoms with van der Waals surface area (Å²) in [5.74, 6) is 1.46. The molecule has 156 valence electrons. The molecule has 1 heteroatoms. The van der Waals surface area contributed by atoms with Crippen molar-refractivity contribution in [3.63, 3.8) is 0 Å². The van der Waals surface area contributed by atoms with Crippen LogP contribution in [0.4, 0.5) is 0 Å². The summed E-state index contributed by atoms with van der Waals surface area (Å²) in [6, 6.07) is 0. The number of hydrogen-bond acceptors (Lipinski definition) is 1. The molecule has 0 aromatic carbocycles. The molecule has 0 amide bonds. The molecule has 0 bridgehead atoms. The van der Waals surface area contributed by atoms with Gasteiger partial charge in [0.1, 0.15) is 0 Å². The molecular formula is C28H38O. The molecule has 1 aliphatic carbocycles. The van der Waals surface area contributed by atoms with Gasteiger partial charge in [-0.3, -0.25) is 4.79 Å². The lowest BCUT2D eigenvalue weighted by Gasteiger charge is -2.14. The van der Waals surface area contributed by atoms with Crippen LogP contribution in [0.2, 0.25) is 0 Å². The summed E-state index contributed by atoms with van der Waals surface area (Å²) < 4.78 is 0. The average Bonchev–Trinajstić information content (AvgIpc) is 2.66. The zero-order valence-electron chi connectivity index (χ0n) is 19.1. The Morgan fingerprint density at radius 2 is 1.62 bits per heavy atom. The summed E-state index contributed by atoms with van der Waals surface area (Å²) in [4.78, 5) is 12.1. The van der Waals surface area contributed by atoms with E-state index in [9.17, 15) is 4.79 Å². The molecule has 0 saturated heterocycles. The van der Waals surface area contributed by atoms with Crippen LogP contribution in [-0.4, -0.2) is 5.78 Å². The maximum Gasteiger partial charge on any atom is 0.160 e. The summed E-state index contributed by atoms with van der Waals surface area (Å²) in [5.41, 5.74) is 4.10. The average molecular weight is 391 g/mol. The van der Waals surface area contributed by atoms with Crippen molar-refractivity contribution in [3.8, 4) is 0 Å². The second-order valence-electron chi connectivity index (χ2n) is 8.26. The van der Waals surface area contributed by atoms with Gasteiger partial charge in [-0.2, -0.15) is 0 Å². The highest BCUT2D eigenvalue weighted by molar-refractivity contribution is 5.97. The van der Waals surface area contributed by atoms with Gasteiger partial charge in [-0.05, 0) is 56.9 Å². The molecular weight excluding hydrogens is 352 g/mol. The van der Waals surface area contributed by atoms with Gasteiger partial charge < -0.3 is 0 Å². The highest BCUT2D eigenvalue weighted by Gasteiger charge is 2.08. The van der Waals surface area contributed by atoms with Crippen LogP contribution < -0.4 is 0 Å². The van der Waals surface area contributed by atoms with E-state index in [1.54, 1.807) is 6.92 Å². The highest BCUT2D eigenvalue weighted by Crippen LogP contribution is 2.19. The molecule has 29 heavy (non-hydrogen) atoms. The van der Waals surface area contributed by atoms with E-state index >= 15 is 0 Å². The van der Waals surface area contributed by atoms with E-state index in [4.69, 9.17) is 0 Å². The number of ketones is 1. The third-order valence-corrected chi connectivity index (χ3v) is 5.54. The quantitative estimate of drug-likeness (QED) is 0.445. The van der Waals surface area contributed by atoms with Crippen LogP contribution in [0.3, 0.4) is 0 Å². The molecule has 0 N–H and O–H groups in total. The zero-order valence-corrected chi connectivity index (χ0v) is 19.1. The van der Waals surface area contributed by atoms with Crippen LogP contribution in [-0.2, 0) is 4.79 Å². The fourth-order valence-electron chi connectivity index (χ4n) is 3.01. The number of rotatable bonds is 1. The lowest BCUT2D eigenvalue weighted by Crippen LogP contribution is -2.03. The van der Waals surface area contributed by atoms with Gasteiger partial charge in [0.15, 0.2) is 5.78 Å². The molecule has 3 atom stereocenters. The van der Waals surface area contributed by atoms with E-state index in [0.717, 1.165) is 29.6 Å². The van der Waals surface area contributed by atoms with Gasteiger partial charge in [0.25, 0.3) is 0 Å². The first kappa shape index (κ1) is 24.6. The van der Waals surface area contributed by atoms with E-state index in [1.165, 1.54) is 5.57 Å². The van der Waals surface area contributed by atoms with Gasteiger partial charge in [-0.25, -0.2) is 0 Å². The number of Topliss-reactive ketones (excluding diaryl/α,β-unsaturated/α-hetero) is 1. The molecule has 0 radical (unpaired) electrons. The Morgan fingerprint density at radius 1 is 0.931 bits per heavy atom. The first-order valence-corrected chi connectivity index (χ1v) is 10.7. The van der Waals surface area contributed by atoms with Crippen LogP contribution in [0.1, 0.15) is 54.4 Å². The van der Waals surface area contributed by atoms with Crippen molar-refractivity contribution in [2.45, 2.75) is 54.4 Å². The van der Waals surface area contributed by atoms with Crippen molar-refractivity contribution in [2.24, 2.45) is 17.8 Å². The largest absolute Gasteiger partial charge is 0.295 e. The molecule has 0 aromatic rings. The Bertz CT molecular complexity index is 777. The van der Waals surface area contributed by atoms with E-state index in [-0.39, 0.29) is 5.78 Å². The number of carbonyl (C=O) groups excluding carboxylic acids is 1. The highest BCUT2D eigenvalue weighted by atomic mass is 16.1. The van der Waals surface area contributed by atoms with Crippen molar-refractivity contribution >= 4 is 5.78 Å². The first-order chi connectivity index (χ1) is 13.7. The number of allylic oxidation sites excluding steroid dienone is 15. The zero-order chi connectivity index (χ0) is 21.8. The molecule has 0 aromatic heterocycles. The minimum Gasteiger partial charge on any atom is -0.295 e. The predicted octanol–water partition coefficient (Wildman–Crippen LogP) is 7.88. The fraction of sp³-hybridized carbons (Fsp3) is 0.393. The van der Waals surface area contributed by atoms with Crippen molar-refractivity contribution in [1.82, 2.24) is 0 Å². The monoisotopic (exact) mass is 390 g/mol. The third-order valence-electron chi connectivity index (χ3n) is 5.54. The van der Waals surface area contributed by atoms with Crippen LogP contribution in [0.5, 0.6) is 0 Å². The fourth-order valence-corrected chi connectivity index (χ4v) is 3.01. The molecule has 1 aliphatic rings. The van der Waals surface area contributed by atoms with Crippen LogP contribution in [0.15, 0.2) is 95.7 Å². The molecule has 0 heterocycles. The van der Waals surface area contributed by atoms with E-state index in [1.807, 2.05) is 13.0 Å². The Hall–Kier alpha value is -2.41. The van der Waals surface area contributed by atoms with E-state index in [2.05, 4.69) is 95.0 Å². The van der Waals surface area contributed by atoms with Gasteiger partial charge in [-0.15, -0.1) is 0 Å². The molecule has 0 spiro atoms. The Kier molecular flexibility index (Phi) is 11.0. The number of carbonyl (C=O) groups is 1. The van der Waals surface area contributed by atoms with E-state index < -0.39 is 0 Å². The van der Waals surface area contributed by atoms with Crippen LogP contribution in [0.25, 0.3) is 0 Å². The summed E-state index contributed by atoms with van der Waals surface area (Å²) >= 11 is 0. The lowest BCUT2D eigenvalue weighted by atomic mass is 9.91. The maximum absolute atomic E-state index is 12.1. The van der Waals surface area contributed by atoms with Gasteiger partial charge in [-0.1, -0.05) is 105 Å². The van der Waals surface area contributed by atoms with Crippen LogP contribution in [0, 0.1) is 17.8 Å². The van der Waals surface area contributed by atoms with Crippen LogP contribution >= 0.6 is 0 Å². The molecule has 3 unspecified atom stereocenters. The van der Waals surface area contributed by atoms with Crippen molar-refractivity contribution < 1.29 is 4.79 Å². The lowest BCUT2D eigenvalue weighted by molar-refractivity contribution is -0.113. The predicted molar refractivity (Wildman–Crippen MR) is 129 cm³/mol. The van der Waals surface area contributed by atoms with Crippen molar-refractivity contribution in [1.29, 1.82) is 0 Å². The molecule has 1 nitrogen and oxygen atoms in total. The van der Waals surface area contributed by atoms with Gasteiger partial charge in [0.05, 0.1) is 0 Å². The standard InChI is InChI=1S/C28H38O/c1-21-13-8-9-15-22(2)24(4)17-11-19-26(6)28(27(7)29)20-12-18-25(5)23(3)16-10-14-21/h8-16,19-20,22,24-25H,3,17-18H2,1-2,4-7H3/b13-8+,15-9+,16-10+,19-11+,20-12+,21-14+,28-26+. The molecule has 0 saturated carbocycles. The topological polar surface area (TPSA) is 17.1 Å². The molecule has 0 fully saturated rings. The van der Waals surface area contributed by atoms with Gasteiger partial charge in [0, 0.05) is 5.57 Å². The Labute approximate surface area is 178 Å². The van der Waals surface area contributed by atoms with Crippen molar-refractivity contribution in [2.75, 3.05) is 0 Å². The van der Waals surface area contributed by atoms with Gasteiger partial charge >= 0.3 is 0 Å². The minimum absolute atomic E-state index is 0.105. The van der Waals surface area contributed by atoms with Gasteiger partial charge in [0.2, 0.25) is 0 Å². The summed E-state index contributed by atoms with van der Waals surface area (Å²) in [6.45, 7) is 16.6. The molecule has 1 rings (SSSR count). The number of hydrogen-bond donors (Lipinski definition) is 0. The second kappa shape index (κ2) is 12.9. The third kappa shape index (κ3) is 9.56. The van der Waals surface area contributed by atoms with E-state index in [0.29, 0.717) is 17.8 Å². The minimum atomic E-state index is 0.105.